The topological polar surface area (TPSA) is 119 Å². The van der Waals surface area contributed by atoms with Crippen LogP contribution in [0, 0.1) is 11.8 Å². The van der Waals surface area contributed by atoms with Gasteiger partial charge in [-0.3, -0.25) is 4.79 Å². The highest BCUT2D eigenvalue weighted by Crippen LogP contribution is 2.20. The van der Waals surface area contributed by atoms with Crippen LogP contribution in [-0.4, -0.2) is 50.9 Å². The van der Waals surface area contributed by atoms with Gasteiger partial charge in [0.25, 0.3) is 0 Å². The lowest BCUT2D eigenvalue weighted by Gasteiger charge is -2.29. The van der Waals surface area contributed by atoms with Crippen molar-refractivity contribution < 1.29 is 13.2 Å². The van der Waals surface area contributed by atoms with Crippen LogP contribution in [0.3, 0.4) is 0 Å². The number of unbranched alkanes of at least 4 members (excludes halogenated alkanes) is 2. The fraction of sp³-hybridized carbons (Fsp3) is 0.720. The van der Waals surface area contributed by atoms with Crippen LogP contribution in [0.1, 0.15) is 71.3 Å². The van der Waals surface area contributed by atoms with Crippen LogP contribution >= 0.6 is 0 Å². The zero-order chi connectivity index (χ0) is 24.7. The number of hydrogen-bond donors (Lipinski definition) is 3. The summed E-state index contributed by atoms with van der Waals surface area (Å²) in [6.07, 6.45) is 5.85. The summed E-state index contributed by atoms with van der Waals surface area (Å²) in [6.45, 7) is 7.94. The minimum absolute atomic E-state index is 0.0231. The minimum atomic E-state index is -3.50. The van der Waals surface area contributed by atoms with E-state index in [4.69, 9.17) is 11.5 Å². The van der Waals surface area contributed by atoms with Crippen molar-refractivity contribution in [2.75, 3.05) is 26.2 Å². The van der Waals surface area contributed by atoms with E-state index in [-0.39, 0.29) is 30.2 Å². The third kappa shape index (κ3) is 12.0. The molecule has 0 radical (unpaired) electrons. The SMILES string of the molecule is CCN(C[C@H](CCCCN)NC(=O)[C@H](CCCCN)CC(C)C)S(=O)(=O)Cc1ccccc1. The summed E-state index contributed by atoms with van der Waals surface area (Å²) in [5.41, 5.74) is 12.1. The smallest absolute Gasteiger partial charge is 0.223 e. The molecule has 0 aliphatic carbocycles. The highest BCUT2D eigenvalue weighted by Gasteiger charge is 2.27. The molecule has 33 heavy (non-hydrogen) atoms. The largest absolute Gasteiger partial charge is 0.352 e. The third-order valence-electron chi connectivity index (χ3n) is 5.85. The summed E-state index contributed by atoms with van der Waals surface area (Å²) in [7, 11) is -3.50. The molecule has 0 spiro atoms. The highest BCUT2D eigenvalue weighted by molar-refractivity contribution is 7.88. The van der Waals surface area contributed by atoms with Crippen LogP contribution in [0.25, 0.3) is 0 Å². The van der Waals surface area contributed by atoms with Crippen molar-refractivity contribution in [1.82, 2.24) is 9.62 Å². The Kier molecular flexibility index (Phi) is 14.5. The lowest BCUT2D eigenvalue weighted by Crippen LogP contribution is -2.47. The second kappa shape index (κ2) is 16.2. The third-order valence-corrected chi connectivity index (χ3v) is 7.74. The van der Waals surface area contributed by atoms with Crippen molar-refractivity contribution in [2.45, 2.75) is 77.5 Å². The first-order valence-corrected chi connectivity index (χ1v) is 14.1. The Hall–Kier alpha value is -1.48. The number of amides is 1. The number of likely N-dealkylation sites (N-methyl/N-ethyl adjacent to an activating group) is 1. The molecule has 0 aliphatic heterocycles. The molecule has 0 saturated carbocycles. The second-order valence-electron chi connectivity index (χ2n) is 9.29. The van der Waals surface area contributed by atoms with E-state index in [0.717, 1.165) is 44.1 Å². The molecule has 0 saturated heterocycles. The quantitative estimate of drug-likeness (QED) is 0.278. The lowest BCUT2D eigenvalue weighted by atomic mass is 9.91. The predicted octanol–water partition coefficient (Wildman–Crippen LogP) is 3.24. The second-order valence-corrected chi connectivity index (χ2v) is 11.3. The molecule has 190 valence electrons. The Balaban J connectivity index is 2.93. The molecule has 2 atom stereocenters. The van der Waals surface area contributed by atoms with E-state index in [9.17, 15) is 13.2 Å². The molecule has 1 amide bonds. The van der Waals surface area contributed by atoms with E-state index in [1.165, 1.54) is 4.31 Å². The average molecular weight is 483 g/mol. The van der Waals surface area contributed by atoms with Gasteiger partial charge >= 0.3 is 0 Å². The fourth-order valence-corrected chi connectivity index (χ4v) is 5.68. The maximum atomic E-state index is 13.2. The summed E-state index contributed by atoms with van der Waals surface area (Å²) < 4.78 is 27.7. The number of rotatable bonds is 18. The van der Waals surface area contributed by atoms with Crippen molar-refractivity contribution in [2.24, 2.45) is 23.3 Å². The molecule has 1 rings (SSSR count). The number of carbonyl (C=O) groups is 1. The number of nitrogens with one attached hydrogen (secondary N) is 1. The Morgan fingerprint density at radius 2 is 1.61 bits per heavy atom. The van der Waals surface area contributed by atoms with Gasteiger partial charge in [-0.05, 0) is 56.7 Å². The molecule has 7 nitrogen and oxygen atoms in total. The summed E-state index contributed by atoms with van der Waals surface area (Å²) in [5.74, 6) is 0.312. The van der Waals surface area contributed by atoms with E-state index < -0.39 is 10.0 Å². The van der Waals surface area contributed by atoms with Gasteiger partial charge in [-0.1, -0.05) is 63.9 Å². The van der Waals surface area contributed by atoms with Gasteiger partial charge in [0.15, 0.2) is 0 Å². The summed E-state index contributed by atoms with van der Waals surface area (Å²) in [4.78, 5) is 13.2. The van der Waals surface area contributed by atoms with Crippen LogP contribution in [0.15, 0.2) is 30.3 Å². The molecule has 0 heterocycles. The molecule has 0 bridgehead atoms. The lowest BCUT2D eigenvalue weighted by molar-refractivity contribution is -0.126. The zero-order valence-corrected chi connectivity index (χ0v) is 21.7. The Morgan fingerprint density at radius 1 is 1.00 bits per heavy atom. The number of nitrogens with zero attached hydrogens (tertiary/aromatic N) is 1. The molecule has 0 unspecified atom stereocenters. The van der Waals surface area contributed by atoms with Gasteiger partial charge < -0.3 is 16.8 Å². The van der Waals surface area contributed by atoms with E-state index in [1.807, 2.05) is 37.3 Å². The Labute approximate surface area is 201 Å². The summed E-state index contributed by atoms with van der Waals surface area (Å²) in [5, 5.41) is 3.19. The van der Waals surface area contributed by atoms with Crippen molar-refractivity contribution >= 4 is 15.9 Å². The van der Waals surface area contributed by atoms with Gasteiger partial charge in [-0.2, -0.15) is 4.31 Å². The summed E-state index contributed by atoms with van der Waals surface area (Å²) >= 11 is 0. The Bertz CT molecular complexity index is 756. The summed E-state index contributed by atoms with van der Waals surface area (Å²) in [6, 6.07) is 8.97. The van der Waals surface area contributed by atoms with Crippen molar-refractivity contribution in [3.05, 3.63) is 35.9 Å². The molecule has 0 aliphatic rings. The highest BCUT2D eigenvalue weighted by atomic mass is 32.2. The molecule has 0 fully saturated rings. The number of benzene rings is 1. The van der Waals surface area contributed by atoms with E-state index in [2.05, 4.69) is 19.2 Å². The molecular formula is C25H46N4O3S. The monoisotopic (exact) mass is 482 g/mol. The molecule has 8 heteroatoms. The molecule has 0 aromatic heterocycles. The van der Waals surface area contributed by atoms with Gasteiger partial charge in [-0.15, -0.1) is 0 Å². The van der Waals surface area contributed by atoms with Gasteiger partial charge in [-0.25, -0.2) is 8.42 Å². The number of sulfonamides is 1. The normalized spacial score (nSPS) is 13.9. The number of nitrogens with two attached hydrogens (primary N) is 2. The van der Waals surface area contributed by atoms with Crippen LogP contribution in [0.2, 0.25) is 0 Å². The average Bonchev–Trinajstić information content (AvgIpc) is 2.76. The predicted molar refractivity (Wildman–Crippen MR) is 137 cm³/mol. The first kappa shape index (κ1) is 29.6. The number of carbonyl (C=O) groups excluding carboxylic acids is 1. The fourth-order valence-electron chi connectivity index (χ4n) is 4.08. The Morgan fingerprint density at radius 3 is 2.15 bits per heavy atom. The van der Waals surface area contributed by atoms with Crippen LogP contribution in [0.5, 0.6) is 0 Å². The first-order chi connectivity index (χ1) is 15.7. The molecule has 5 N–H and O–H groups in total. The maximum absolute atomic E-state index is 13.2. The first-order valence-electron chi connectivity index (χ1n) is 12.5. The van der Waals surface area contributed by atoms with Gasteiger partial charge in [0, 0.05) is 25.0 Å². The molecule has 1 aromatic carbocycles. The van der Waals surface area contributed by atoms with E-state index in [1.54, 1.807) is 0 Å². The van der Waals surface area contributed by atoms with E-state index in [0.29, 0.717) is 32.0 Å². The number of hydrogen-bond acceptors (Lipinski definition) is 5. The van der Waals surface area contributed by atoms with Crippen LogP contribution < -0.4 is 16.8 Å². The van der Waals surface area contributed by atoms with E-state index >= 15 is 0 Å². The minimum Gasteiger partial charge on any atom is -0.352 e. The zero-order valence-electron chi connectivity index (χ0n) is 20.8. The van der Waals surface area contributed by atoms with Crippen molar-refractivity contribution in [3.63, 3.8) is 0 Å². The van der Waals surface area contributed by atoms with Crippen molar-refractivity contribution in [1.29, 1.82) is 0 Å². The maximum Gasteiger partial charge on any atom is 0.223 e. The molecule has 1 aromatic rings. The van der Waals surface area contributed by atoms with Crippen LogP contribution in [-0.2, 0) is 20.6 Å². The molecular weight excluding hydrogens is 436 g/mol. The standard InChI is InChI=1S/C25H46N4O3S/c1-4-29(33(31,32)20-22-12-6-5-7-13-22)19-24(15-9-11-17-27)28-25(30)23(18-21(2)3)14-8-10-16-26/h5-7,12-13,21,23-24H,4,8-11,14-20,26-27H2,1-3H3,(H,28,30)/t23-,24+/m1/s1. The van der Waals surface area contributed by atoms with Crippen LogP contribution in [0.4, 0.5) is 0 Å². The van der Waals surface area contributed by atoms with Gasteiger partial charge in [0.2, 0.25) is 15.9 Å². The van der Waals surface area contributed by atoms with Gasteiger partial charge in [0.05, 0.1) is 5.75 Å². The van der Waals surface area contributed by atoms with Gasteiger partial charge in [0.1, 0.15) is 0 Å². The van der Waals surface area contributed by atoms with Crippen molar-refractivity contribution in [3.8, 4) is 0 Å².